The van der Waals surface area contributed by atoms with Crippen molar-refractivity contribution in [3.8, 4) is 0 Å². The maximum atomic E-state index is 13.2. The maximum absolute atomic E-state index is 13.2. The average molecular weight is 531 g/mol. The lowest BCUT2D eigenvalue weighted by atomic mass is 9.87. The van der Waals surface area contributed by atoms with Gasteiger partial charge in [0.1, 0.15) is 5.69 Å². The van der Waals surface area contributed by atoms with Crippen LogP contribution in [0.5, 0.6) is 0 Å². The SMILES string of the molecule is CCC(C)OCCCNC1=C(C(=N)c2cccc3c2CC(=O)N(c2c#cc(NC)nc2)C3)CN(C(C)=O)CC1. The molecule has 1 atom stereocenters. The number of rotatable bonds is 11. The summed E-state index contributed by atoms with van der Waals surface area (Å²) in [4.78, 5) is 33.2. The summed E-state index contributed by atoms with van der Waals surface area (Å²) >= 11 is 0. The first-order valence-electron chi connectivity index (χ1n) is 13.6. The molecule has 0 saturated heterocycles. The van der Waals surface area contributed by atoms with Crippen LogP contribution in [0.2, 0.25) is 0 Å². The fraction of sp³-hybridized carbons (Fsp3) is 0.467. The van der Waals surface area contributed by atoms with E-state index < -0.39 is 0 Å². The first-order valence-corrected chi connectivity index (χ1v) is 13.6. The number of amides is 2. The predicted octanol–water partition coefficient (Wildman–Crippen LogP) is 3.48. The molecule has 0 saturated carbocycles. The molecule has 0 bridgehead atoms. The van der Waals surface area contributed by atoms with E-state index >= 15 is 0 Å². The number of aromatic nitrogens is 1. The van der Waals surface area contributed by atoms with Crippen molar-refractivity contribution in [1.82, 2.24) is 15.2 Å². The molecule has 4 rings (SSSR count). The number of nitrogens with one attached hydrogen (secondary N) is 3. The van der Waals surface area contributed by atoms with Gasteiger partial charge in [-0.15, -0.1) is 0 Å². The van der Waals surface area contributed by atoms with Crippen LogP contribution in [-0.4, -0.2) is 66.8 Å². The van der Waals surface area contributed by atoms with E-state index in [4.69, 9.17) is 4.74 Å². The van der Waals surface area contributed by atoms with E-state index in [1.54, 1.807) is 30.0 Å². The fourth-order valence-electron chi connectivity index (χ4n) is 4.86. The van der Waals surface area contributed by atoms with Crippen molar-refractivity contribution < 1.29 is 14.3 Å². The van der Waals surface area contributed by atoms with Gasteiger partial charge in [0.05, 0.1) is 31.0 Å². The first-order chi connectivity index (χ1) is 18.8. The van der Waals surface area contributed by atoms with Crippen LogP contribution in [0.25, 0.3) is 0 Å². The van der Waals surface area contributed by atoms with Crippen molar-refractivity contribution in [2.24, 2.45) is 0 Å². The minimum absolute atomic E-state index is 0.00632. The van der Waals surface area contributed by atoms with E-state index in [9.17, 15) is 15.0 Å². The number of carbonyl (C=O) groups excluding carboxylic acids is 2. The van der Waals surface area contributed by atoms with Crippen LogP contribution in [0.1, 0.15) is 56.7 Å². The second-order valence-electron chi connectivity index (χ2n) is 9.98. The van der Waals surface area contributed by atoms with Crippen LogP contribution < -0.4 is 15.5 Å². The lowest BCUT2D eigenvalue weighted by molar-refractivity contribution is -0.128. The number of hydrogen-bond acceptors (Lipinski definition) is 7. The summed E-state index contributed by atoms with van der Waals surface area (Å²) in [5, 5.41) is 15.7. The van der Waals surface area contributed by atoms with E-state index in [-0.39, 0.29) is 24.3 Å². The predicted molar refractivity (Wildman–Crippen MR) is 152 cm³/mol. The zero-order valence-corrected chi connectivity index (χ0v) is 23.3. The highest BCUT2D eigenvalue weighted by atomic mass is 16.5. The van der Waals surface area contributed by atoms with Gasteiger partial charge < -0.3 is 20.3 Å². The summed E-state index contributed by atoms with van der Waals surface area (Å²) in [5.41, 5.74) is 5.30. The van der Waals surface area contributed by atoms with Crippen LogP contribution in [0.15, 0.2) is 35.7 Å². The highest BCUT2D eigenvalue weighted by Gasteiger charge is 2.30. The Labute approximate surface area is 231 Å². The number of ether oxygens (including phenoxy) is 1. The molecule has 1 aromatic heterocycles. The summed E-state index contributed by atoms with van der Waals surface area (Å²) in [6.45, 7) is 8.52. The number of hydrogen-bond donors (Lipinski definition) is 3. The van der Waals surface area contributed by atoms with E-state index in [1.807, 2.05) is 18.2 Å². The van der Waals surface area contributed by atoms with Gasteiger partial charge >= 0.3 is 0 Å². The quantitative estimate of drug-likeness (QED) is 0.303. The maximum Gasteiger partial charge on any atom is 0.232 e. The Morgan fingerprint density at radius 2 is 2.10 bits per heavy atom. The third-order valence-corrected chi connectivity index (χ3v) is 7.38. The minimum atomic E-state index is -0.0750. The largest absolute Gasteiger partial charge is 0.388 e. The molecule has 0 spiro atoms. The van der Waals surface area contributed by atoms with Crippen molar-refractivity contribution in [2.75, 3.05) is 43.5 Å². The molecule has 9 nitrogen and oxygen atoms in total. The summed E-state index contributed by atoms with van der Waals surface area (Å²) in [5.74, 6) is 0.481. The Hall–Kier alpha value is -3.90. The van der Waals surface area contributed by atoms with Gasteiger partial charge in [0, 0.05) is 63.5 Å². The Morgan fingerprint density at radius 1 is 1.28 bits per heavy atom. The molecule has 1 unspecified atom stereocenters. The van der Waals surface area contributed by atoms with Crippen molar-refractivity contribution in [1.29, 1.82) is 5.41 Å². The van der Waals surface area contributed by atoms with Gasteiger partial charge in [-0.05, 0) is 43.0 Å². The monoisotopic (exact) mass is 530 g/mol. The van der Waals surface area contributed by atoms with Crippen LogP contribution in [0.4, 0.5) is 11.5 Å². The summed E-state index contributed by atoms with van der Waals surface area (Å²) in [6.07, 6.45) is 4.54. The normalized spacial score (nSPS) is 15.9. The van der Waals surface area contributed by atoms with Crippen molar-refractivity contribution in [2.45, 2.75) is 59.1 Å². The topological polar surface area (TPSA) is 111 Å². The molecule has 3 N–H and O–H groups in total. The molecule has 206 valence electrons. The molecule has 2 aromatic rings. The second-order valence-corrected chi connectivity index (χ2v) is 9.98. The van der Waals surface area contributed by atoms with Crippen LogP contribution >= 0.6 is 0 Å². The molecule has 2 aliphatic rings. The Morgan fingerprint density at radius 3 is 2.79 bits per heavy atom. The highest BCUT2D eigenvalue weighted by Crippen LogP contribution is 2.29. The van der Waals surface area contributed by atoms with Crippen molar-refractivity contribution in [3.63, 3.8) is 0 Å². The average Bonchev–Trinajstić information content (AvgIpc) is 2.95. The van der Waals surface area contributed by atoms with E-state index in [1.165, 1.54) is 0 Å². The summed E-state index contributed by atoms with van der Waals surface area (Å²) < 4.78 is 5.80. The number of anilines is 2. The van der Waals surface area contributed by atoms with Crippen molar-refractivity contribution >= 4 is 29.0 Å². The van der Waals surface area contributed by atoms with E-state index in [2.05, 4.69) is 41.6 Å². The van der Waals surface area contributed by atoms with Crippen LogP contribution in [0.3, 0.4) is 0 Å². The van der Waals surface area contributed by atoms with E-state index in [0.717, 1.165) is 47.3 Å². The van der Waals surface area contributed by atoms with Gasteiger partial charge in [0.15, 0.2) is 5.82 Å². The van der Waals surface area contributed by atoms with Crippen LogP contribution in [0, 0.1) is 17.5 Å². The van der Waals surface area contributed by atoms with E-state index in [0.29, 0.717) is 49.9 Å². The molecule has 39 heavy (non-hydrogen) atoms. The zero-order valence-electron chi connectivity index (χ0n) is 23.3. The summed E-state index contributed by atoms with van der Waals surface area (Å²) in [7, 11) is 1.76. The van der Waals surface area contributed by atoms with Gasteiger partial charge in [-0.25, -0.2) is 4.98 Å². The molecule has 0 radical (unpaired) electrons. The first kappa shape index (κ1) is 28.1. The zero-order chi connectivity index (χ0) is 27.9. The van der Waals surface area contributed by atoms with Gasteiger partial charge in [-0.1, -0.05) is 25.1 Å². The highest BCUT2D eigenvalue weighted by molar-refractivity contribution is 6.13. The number of benzene rings is 1. The lowest BCUT2D eigenvalue weighted by Gasteiger charge is -2.33. The van der Waals surface area contributed by atoms with Crippen LogP contribution in [-0.2, 0) is 27.3 Å². The molecule has 2 aliphatic heterocycles. The number of fused-ring (bicyclic) bond motifs is 1. The minimum Gasteiger partial charge on any atom is -0.388 e. The van der Waals surface area contributed by atoms with Gasteiger partial charge in [0.25, 0.3) is 0 Å². The molecule has 0 fully saturated rings. The molecule has 9 heteroatoms. The van der Waals surface area contributed by atoms with Gasteiger partial charge in [-0.3, -0.25) is 19.9 Å². The molecule has 0 aliphatic carbocycles. The molecular weight excluding hydrogens is 492 g/mol. The van der Waals surface area contributed by atoms with Gasteiger partial charge in [0.2, 0.25) is 11.8 Å². The third-order valence-electron chi connectivity index (χ3n) is 7.38. The molecule has 2 amide bonds. The molecular formula is C30H38N6O3. The Bertz CT molecular complexity index is 1240. The Balaban J connectivity index is 1.56. The molecule has 3 heterocycles. The number of carbonyl (C=O) groups is 2. The Kier molecular flexibility index (Phi) is 9.20. The standard InChI is InChI=1S/C30H38N6O3/c1-5-20(2)39-15-7-13-33-27-12-14-35(21(3)37)19-26(27)30(31)24-9-6-8-22-18-36(29(38)16-25(22)24)23-10-11-28(32-4)34-17-23/h6,8-9,17,20,31,33H,5,7,12-16,18-19H2,1-4H3,(H,32,34). The number of nitrogens with zero attached hydrogens (tertiary/aromatic N) is 3. The molecule has 1 aromatic carbocycles. The van der Waals surface area contributed by atoms with Gasteiger partial charge in [-0.2, -0.15) is 0 Å². The lowest BCUT2D eigenvalue weighted by Crippen LogP contribution is -2.41. The van der Waals surface area contributed by atoms with Crippen molar-refractivity contribution in [3.05, 3.63) is 64.5 Å². The second kappa shape index (κ2) is 12.8. The smallest absolute Gasteiger partial charge is 0.232 e. The fourth-order valence-corrected chi connectivity index (χ4v) is 4.86. The summed E-state index contributed by atoms with van der Waals surface area (Å²) in [6, 6.07) is 11.8. The third kappa shape index (κ3) is 6.58.